The molecule has 1 amide bonds. The SMILES string of the molecule is NC(=O)c1nc(Cc2cccc(OC(F)(F)F)c2)sc1CC1C2CNCC21. The first-order valence-electron chi connectivity index (χ1n) is 8.64. The van der Waals surface area contributed by atoms with E-state index in [0.717, 1.165) is 24.4 Å². The normalized spacial score (nSPS) is 23.9. The summed E-state index contributed by atoms with van der Waals surface area (Å²) in [7, 11) is 0. The number of primary amides is 1. The zero-order chi connectivity index (χ0) is 19.2. The first-order valence-corrected chi connectivity index (χ1v) is 9.45. The summed E-state index contributed by atoms with van der Waals surface area (Å²) in [5, 5.41) is 4.00. The third-order valence-corrected chi connectivity index (χ3v) is 6.23. The molecular weight excluding hydrogens is 379 g/mol. The number of thiazole rings is 1. The van der Waals surface area contributed by atoms with E-state index in [2.05, 4.69) is 15.0 Å². The van der Waals surface area contributed by atoms with Crippen LogP contribution in [-0.2, 0) is 12.8 Å². The quantitative estimate of drug-likeness (QED) is 0.786. The molecule has 1 saturated heterocycles. The van der Waals surface area contributed by atoms with Gasteiger partial charge in [-0.3, -0.25) is 4.79 Å². The van der Waals surface area contributed by atoms with Crippen LogP contribution in [0.4, 0.5) is 13.2 Å². The Balaban J connectivity index is 1.50. The van der Waals surface area contributed by atoms with E-state index < -0.39 is 12.3 Å². The van der Waals surface area contributed by atoms with Gasteiger partial charge >= 0.3 is 6.36 Å². The predicted molar refractivity (Wildman–Crippen MR) is 93.6 cm³/mol. The summed E-state index contributed by atoms with van der Waals surface area (Å²) >= 11 is 1.41. The minimum absolute atomic E-state index is 0.273. The number of benzene rings is 1. The van der Waals surface area contributed by atoms with E-state index in [9.17, 15) is 18.0 Å². The number of nitrogens with zero attached hydrogens (tertiary/aromatic N) is 1. The van der Waals surface area contributed by atoms with Gasteiger partial charge in [0.15, 0.2) is 0 Å². The molecule has 3 N–H and O–H groups in total. The van der Waals surface area contributed by atoms with Crippen LogP contribution >= 0.6 is 11.3 Å². The van der Waals surface area contributed by atoms with E-state index in [0.29, 0.717) is 34.7 Å². The molecule has 1 aromatic carbocycles. The van der Waals surface area contributed by atoms with Crippen LogP contribution in [0.25, 0.3) is 0 Å². The second-order valence-electron chi connectivity index (χ2n) is 6.97. The molecule has 1 aliphatic heterocycles. The van der Waals surface area contributed by atoms with E-state index in [1.165, 1.54) is 29.5 Å². The van der Waals surface area contributed by atoms with Crippen LogP contribution in [0.5, 0.6) is 5.75 Å². The summed E-state index contributed by atoms with van der Waals surface area (Å²) in [5.41, 5.74) is 6.39. The van der Waals surface area contributed by atoms with Gasteiger partial charge in [-0.15, -0.1) is 24.5 Å². The van der Waals surface area contributed by atoms with E-state index in [1.807, 2.05) is 0 Å². The molecular formula is C18H18F3N3O2S. The third kappa shape index (κ3) is 4.08. The van der Waals surface area contributed by atoms with Crippen molar-refractivity contribution < 1.29 is 22.7 Å². The number of fused-ring (bicyclic) bond motifs is 1. The zero-order valence-corrected chi connectivity index (χ0v) is 15.1. The fraction of sp³-hybridized carbons (Fsp3) is 0.444. The fourth-order valence-corrected chi connectivity index (χ4v) is 5.08. The minimum Gasteiger partial charge on any atom is -0.406 e. The maximum absolute atomic E-state index is 12.4. The molecule has 1 aromatic heterocycles. The van der Waals surface area contributed by atoms with Gasteiger partial charge in [-0.2, -0.15) is 0 Å². The number of alkyl halides is 3. The molecule has 2 fully saturated rings. The lowest BCUT2D eigenvalue weighted by Gasteiger charge is -2.09. The maximum Gasteiger partial charge on any atom is 0.573 e. The number of ether oxygens (including phenoxy) is 1. The van der Waals surface area contributed by atoms with Gasteiger partial charge in [0.2, 0.25) is 0 Å². The van der Waals surface area contributed by atoms with Crippen molar-refractivity contribution in [2.45, 2.75) is 19.2 Å². The second kappa shape index (κ2) is 6.79. The molecule has 0 bridgehead atoms. The highest BCUT2D eigenvalue weighted by atomic mass is 32.1. The van der Waals surface area contributed by atoms with Gasteiger partial charge in [0, 0.05) is 11.3 Å². The van der Waals surface area contributed by atoms with Crippen molar-refractivity contribution in [3.05, 3.63) is 45.4 Å². The number of aromatic nitrogens is 1. The monoisotopic (exact) mass is 397 g/mol. The van der Waals surface area contributed by atoms with Crippen molar-refractivity contribution in [3.8, 4) is 5.75 Å². The van der Waals surface area contributed by atoms with Gasteiger partial charge in [0.05, 0.1) is 5.01 Å². The molecule has 2 heterocycles. The van der Waals surface area contributed by atoms with Gasteiger partial charge in [-0.1, -0.05) is 12.1 Å². The molecule has 5 nitrogen and oxygen atoms in total. The fourth-order valence-electron chi connectivity index (χ4n) is 3.90. The van der Waals surface area contributed by atoms with Crippen molar-refractivity contribution in [2.75, 3.05) is 13.1 Å². The number of hydrogen-bond donors (Lipinski definition) is 2. The zero-order valence-electron chi connectivity index (χ0n) is 14.3. The molecule has 1 saturated carbocycles. The van der Waals surface area contributed by atoms with Crippen molar-refractivity contribution >= 4 is 17.2 Å². The van der Waals surface area contributed by atoms with Gasteiger partial charge in [0.1, 0.15) is 11.4 Å². The number of nitrogens with two attached hydrogens (primary N) is 1. The first kappa shape index (κ1) is 18.2. The summed E-state index contributed by atoms with van der Waals surface area (Å²) in [5.74, 6) is 1.04. The highest BCUT2D eigenvalue weighted by molar-refractivity contribution is 7.12. The van der Waals surface area contributed by atoms with E-state index in [-0.39, 0.29) is 11.4 Å². The summed E-state index contributed by atoms with van der Waals surface area (Å²) < 4.78 is 41.1. The van der Waals surface area contributed by atoms with Crippen molar-refractivity contribution in [1.29, 1.82) is 0 Å². The third-order valence-electron chi connectivity index (χ3n) is 5.15. The van der Waals surface area contributed by atoms with E-state index >= 15 is 0 Å². The topological polar surface area (TPSA) is 77.2 Å². The Morgan fingerprint density at radius 1 is 1.33 bits per heavy atom. The van der Waals surface area contributed by atoms with Crippen LogP contribution in [0.2, 0.25) is 0 Å². The molecule has 0 radical (unpaired) electrons. The standard InChI is InChI=1S/C18H18F3N3O2S/c19-18(20,21)26-10-3-1-2-9(4-10)5-15-24-16(17(22)25)14(27-15)6-11-12-7-23-8-13(11)12/h1-4,11-13,23H,5-8H2,(H2,22,25). The Bertz CT molecular complexity index is 858. The summed E-state index contributed by atoms with van der Waals surface area (Å²) in [6.45, 7) is 2.03. The lowest BCUT2D eigenvalue weighted by Crippen LogP contribution is -2.17. The summed E-state index contributed by atoms with van der Waals surface area (Å²) in [6.07, 6.45) is -3.63. The van der Waals surface area contributed by atoms with Gasteiger partial charge in [-0.05, 0) is 55.0 Å². The minimum atomic E-state index is -4.73. The summed E-state index contributed by atoms with van der Waals surface area (Å²) in [4.78, 5) is 17.0. The summed E-state index contributed by atoms with van der Waals surface area (Å²) in [6, 6.07) is 5.78. The number of amides is 1. The van der Waals surface area contributed by atoms with Crippen molar-refractivity contribution in [3.63, 3.8) is 0 Å². The highest BCUT2D eigenvalue weighted by Crippen LogP contribution is 2.51. The van der Waals surface area contributed by atoms with Gasteiger partial charge < -0.3 is 15.8 Å². The molecule has 1 aliphatic carbocycles. The smallest absolute Gasteiger partial charge is 0.406 e. The average Bonchev–Trinajstić information content (AvgIpc) is 2.93. The molecule has 4 rings (SSSR count). The largest absolute Gasteiger partial charge is 0.573 e. The molecule has 2 atom stereocenters. The second-order valence-corrected chi connectivity index (χ2v) is 8.14. The maximum atomic E-state index is 12.4. The number of rotatable bonds is 6. The van der Waals surface area contributed by atoms with Crippen LogP contribution < -0.4 is 15.8 Å². The Kier molecular flexibility index (Phi) is 4.59. The van der Waals surface area contributed by atoms with Crippen LogP contribution in [0.1, 0.15) is 25.9 Å². The number of carbonyl (C=O) groups is 1. The molecule has 9 heteroatoms. The van der Waals surface area contributed by atoms with Crippen LogP contribution in [-0.4, -0.2) is 30.3 Å². The van der Waals surface area contributed by atoms with E-state index in [4.69, 9.17) is 5.73 Å². The number of halogens is 3. The number of hydrogen-bond acceptors (Lipinski definition) is 5. The number of carbonyl (C=O) groups excluding carboxylic acids is 1. The van der Waals surface area contributed by atoms with Gasteiger partial charge in [-0.25, -0.2) is 4.98 Å². The molecule has 0 spiro atoms. The Morgan fingerprint density at radius 2 is 2.07 bits per heavy atom. The first-order chi connectivity index (χ1) is 12.8. The van der Waals surface area contributed by atoms with Crippen LogP contribution in [0.3, 0.4) is 0 Å². The lowest BCUT2D eigenvalue weighted by molar-refractivity contribution is -0.274. The van der Waals surface area contributed by atoms with Crippen molar-refractivity contribution in [2.24, 2.45) is 23.5 Å². The molecule has 144 valence electrons. The molecule has 2 unspecified atom stereocenters. The Labute approximate surface area is 157 Å². The van der Waals surface area contributed by atoms with Gasteiger partial charge in [0.25, 0.3) is 5.91 Å². The average molecular weight is 397 g/mol. The van der Waals surface area contributed by atoms with Crippen molar-refractivity contribution in [1.82, 2.24) is 10.3 Å². The Morgan fingerprint density at radius 3 is 2.74 bits per heavy atom. The van der Waals surface area contributed by atoms with E-state index in [1.54, 1.807) is 6.07 Å². The highest BCUT2D eigenvalue weighted by Gasteiger charge is 2.52. The molecule has 2 aromatic rings. The number of piperidine rings is 1. The van der Waals surface area contributed by atoms with Crippen LogP contribution in [0, 0.1) is 17.8 Å². The Hall–Kier alpha value is -2.13. The predicted octanol–water partition coefficient (Wildman–Crippen LogP) is 2.74. The number of nitrogens with one attached hydrogen (secondary N) is 1. The lowest BCUT2D eigenvalue weighted by atomic mass is 10.1. The van der Waals surface area contributed by atoms with Crippen LogP contribution in [0.15, 0.2) is 24.3 Å². The molecule has 2 aliphatic rings. The molecule has 27 heavy (non-hydrogen) atoms.